The third-order valence-electron chi connectivity index (χ3n) is 2.99. The van der Waals surface area contributed by atoms with Gasteiger partial charge < -0.3 is 4.74 Å². The van der Waals surface area contributed by atoms with Crippen LogP contribution in [0.3, 0.4) is 0 Å². The molecule has 0 saturated heterocycles. The summed E-state index contributed by atoms with van der Waals surface area (Å²) in [5, 5.41) is -0.527. The van der Waals surface area contributed by atoms with Crippen LogP contribution in [0.25, 0.3) is 0 Å². The summed E-state index contributed by atoms with van der Waals surface area (Å²) < 4.78 is 31.2. The van der Waals surface area contributed by atoms with Crippen molar-refractivity contribution in [2.24, 2.45) is 0 Å². The number of alkyl halides is 1. The summed E-state index contributed by atoms with van der Waals surface area (Å²) in [6.45, 7) is 1.90. The molecule has 1 atom stereocenters. The highest BCUT2D eigenvalue weighted by Gasteiger charge is 2.15. The second-order valence-corrected chi connectivity index (χ2v) is 4.70. The van der Waals surface area contributed by atoms with Gasteiger partial charge in [-0.2, -0.15) is 0 Å². The Morgan fingerprint density at radius 2 is 1.79 bits per heavy atom. The SMILES string of the molecule is COc1ccc(C(Cl)c2ccc(F)c(F)c2)c(C)c1. The first kappa shape index (κ1) is 13.8. The van der Waals surface area contributed by atoms with Gasteiger partial charge in [0, 0.05) is 0 Å². The molecule has 0 fully saturated rings. The van der Waals surface area contributed by atoms with Crippen molar-refractivity contribution in [1.29, 1.82) is 0 Å². The Bertz CT molecular complexity index is 599. The van der Waals surface area contributed by atoms with Gasteiger partial charge in [0.1, 0.15) is 5.75 Å². The Hall–Kier alpha value is -1.61. The third kappa shape index (κ3) is 2.87. The fraction of sp³-hybridized carbons (Fsp3) is 0.200. The Balaban J connectivity index is 2.38. The van der Waals surface area contributed by atoms with Gasteiger partial charge in [0.25, 0.3) is 0 Å². The smallest absolute Gasteiger partial charge is 0.159 e. The van der Waals surface area contributed by atoms with E-state index in [1.54, 1.807) is 13.2 Å². The Kier molecular flexibility index (Phi) is 4.05. The van der Waals surface area contributed by atoms with E-state index in [2.05, 4.69) is 0 Å². The largest absolute Gasteiger partial charge is 0.497 e. The molecule has 0 spiro atoms. The molecule has 0 radical (unpaired) electrons. The number of halogens is 3. The average Bonchev–Trinajstić information content (AvgIpc) is 2.41. The molecule has 0 amide bonds. The number of ether oxygens (including phenoxy) is 1. The van der Waals surface area contributed by atoms with E-state index in [-0.39, 0.29) is 0 Å². The summed E-state index contributed by atoms with van der Waals surface area (Å²) >= 11 is 6.33. The van der Waals surface area contributed by atoms with Gasteiger partial charge in [-0.25, -0.2) is 8.78 Å². The number of methoxy groups -OCH3 is 1. The minimum absolute atomic E-state index is 0.522. The first-order valence-electron chi connectivity index (χ1n) is 5.76. The van der Waals surface area contributed by atoms with Gasteiger partial charge in [-0.15, -0.1) is 11.6 Å². The molecule has 4 heteroatoms. The Morgan fingerprint density at radius 3 is 2.37 bits per heavy atom. The van der Waals surface area contributed by atoms with Crippen LogP contribution >= 0.6 is 11.6 Å². The molecule has 2 rings (SSSR count). The first-order chi connectivity index (χ1) is 9.02. The van der Waals surface area contributed by atoms with E-state index in [0.717, 1.165) is 29.0 Å². The maximum Gasteiger partial charge on any atom is 0.159 e. The molecular weight excluding hydrogens is 270 g/mol. The van der Waals surface area contributed by atoms with Crippen LogP contribution in [0.15, 0.2) is 36.4 Å². The zero-order valence-electron chi connectivity index (χ0n) is 10.6. The number of aryl methyl sites for hydroxylation is 1. The summed E-state index contributed by atoms with van der Waals surface area (Å²) in [4.78, 5) is 0. The van der Waals surface area contributed by atoms with Gasteiger partial charge in [0.15, 0.2) is 11.6 Å². The van der Waals surface area contributed by atoms with Crippen LogP contribution in [0, 0.1) is 18.6 Å². The van der Waals surface area contributed by atoms with Gasteiger partial charge in [-0.05, 0) is 47.9 Å². The van der Waals surface area contributed by atoms with Crippen molar-refractivity contribution < 1.29 is 13.5 Å². The van der Waals surface area contributed by atoms with E-state index < -0.39 is 17.0 Å². The topological polar surface area (TPSA) is 9.23 Å². The fourth-order valence-corrected chi connectivity index (χ4v) is 2.29. The number of hydrogen-bond donors (Lipinski definition) is 0. The lowest BCUT2D eigenvalue weighted by atomic mass is 9.99. The zero-order chi connectivity index (χ0) is 14.0. The molecule has 0 aromatic heterocycles. The summed E-state index contributed by atoms with van der Waals surface area (Å²) in [6, 6.07) is 9.16. The molecule has 0 heterocycles. The van der Waals surface area contributed by atoms with Crippen molar-refractivity contribution >= 4 is 11.6 Å². The molecular formula is C15H13ClF2O. The molecule has 100 valence electrons. The molecule has 0 aliphatic heterocycles. The molecule has 0 aliphatic rings. The molecule has 0 aliphatic carbocycles. The van der Waals surface area contributed by atoms with Crippen LogP contribution in [-0.2, 0) is 0 Å². The van der Waals surface area contributed by atoms with Crippen molar-refractivity contribution in [3.63, 3.8) is 0 Å². The van der Waals surface area contributed by atoms with Crippen molar-refractivity contribution in [2.75, 3.05) is 7.11 Å². The fourth-order valence-electron chi connectivity index (χ4n) is 1.91. The maximum atomic E-state index is 13.2. The third-order valence-corrected chi connectivity index (χ3v) is 3.47. The van der Waals surface area contributed by atoms with Crippen molar-refractivity contribution in [2.45, 2.75) is 12.3 Å². The summed E-state index contributed by atoms with van der Waals surface area (Å²) in [5.41, 5.74) is 2.30. The molecule has 1 nitrogen and oxygen atoms in total. The van der Waals surface area contributed by atoms with Crippen LogP contribution in [0.4, 0.5) is 8.78 Å². The lowest BCUT2D eigenvalue weighted by Gasteiger charge is -2.14. The van der Waals surface area contributed by atoms with E-state index in [4.69, 9.17) is 16.3 Å². The van der Waals surface area contributed by atoms with Gasteiger partial charge in [-0.3, -0.25) is 0 Å². The molecule has 0 saturated carbocycles. The number of hydrogen-bond acceptors (Lipinski definition) is 1. The van der Waals surface area contributed by atoms with E-state index >= 15 is 0 Å². The van der Waals surface area contributed by atoms with Crippen LogP contribution in [-0.4, -0.2) is 7.11 Å². The highest BCUT2D eigenvalue weighted by Crippen LogP contribution is 2.33. The average molecular weight is 283 g/mol. The van der Waals surface area contributed by atoms with E-state index in [1.807, 2.05) is 19.1 Å². The molecule has 19 heavy (non-hydrogen) atoms. The molecule has 2 aromatic rings. The van der Waals surface area contributed by atoms with Gasteiger partial charge >= 0.3 is 0 Å². The Morgan fingerprint density at radius 1 is 1.05 bits per heavy atom. The monoisotopic (exact) mass is 282 g/mol. The predicted molar refractivity (Wildman–Crippen MR) is 71.8 cm³/mol. The predicted octanol–water partition coefficient (Wildman–Crippen LogP) is 4.61. The van der Waals surface area contributed by atoms with Crippen LogP contribution in [0.2, 0.25) is 0 Å². The van der Waals surface area contributed by atoms with Crippen LogP contribution in [0.5, 0.6) is 5.75 Å². The maximum absolute atomic E-state index is 13.2. The molecule has 2 aromatic carbocycles. The summed E-state index contributed by atoms with van der Waals surface area (Å²) in [6.07, 6.45) is 0. The molecule has 1 unspecified atom stereocenters. The molecule has 0 bridgehead atoms. The van der Waals surface area contributed by atoms with Crippen LogP contribution in [0.1, 0.15) is 22.1 Å². The standard InChI is InChI=1S/C15H13ClF2O/c1-9-7-11(19-2)4-5-12(9)15(16)10-3-6-13(17)14(18)8-10/h3-8,15H,1-2H3. The first-order valence-corrected chi connectivity index (χ1v) is 6.20. The van der Waals surface area contributed by atoms with Gasteiger partial charge in [-0.1, -0.05) is 12.1 Å². The minimum Gasteiger partial charge on any atom is -0.497 e. The van der Waals surface area contributed by atoms with Crippen molar-refractivity contribution in [1.82, 2.24) is 0 Å². The van der Waals surface area contributed by atoms with Gasteiger partial charge in [0.05, 0.1) is 12.5 Å². The molecule has 0 N–H and O–H groups in total. The normalized spacial score (nSPS) is 12.3. The quantitative estimate of drug-likeness (QED) is 0.747. The highest BCUT2D eigenvalue weighted by atomic mass is 35.5. The Labute approximate surface area is 115 Å². The lowest BCUT2D eigenvalue weighted by molar-refractivity contribution is 0.414. The minimum atomic E-state index is -0.894. The van der Waals surface area contributed by atoms with Crippen molar-refractivity contribution in [3.8, 4) is 5.75 Å². The lowest BCUT2D eigenvalue weighted by Crippen LogP contribution is -1.98. The summed E-state index contributed by atoms with van der Waals surface area (Å²) in [7, 11) is 1.59. The number of benzene rings is 2. The van der Waals surface area contributed by atoms with Gasteiger partial charge in [0.2, 0.25) is 0 Å². The van der Waals surface area contributed by atoms with E-state index in [9.17, 15) is 8.78 Å². The van der Waals surface area contributed by atoms with Crippen LogP contribution < -0.4 is 4.74 Å². The summed E-state index contributed by atoms with van der Waals surface area (Å²) in [5.74, 6) is -1.04. The highest BCUT2D eigenvalue weighted by molar-refractivity contribution is 6.22. The van der Waals surface area contributed by atoms with Crippen molar-refractivity contribution in [3.05, 3.63) is 64.7 Å². The van der Waals surface area contributed by atoms with E-state index in [1.165, 1.54) is 6.07 Å². The van der Waals surface area contributed by atoms with E-state index in [0.29, 0.717) is 5.56 Å². The second kappa shape index (κ2) is 5.57. The zero-order valence-corrected chi connectivity index (χ0v) is 11.3. The second-order valence-electron chi connectivity index (χ2n) is 4.26. The number of rotatable bonds is 3.